The molecule has 1 atom stereocenters. The summed E-state index contributed by atoms with van der Waals surface area (Å²) in [7, 11) is 0. The van der Waals surface area contributed by atoms with Gasteiger partial charge in [0, 0.05) is 0 Å². The minimum absolute atomic E-state index is 0.0776. The summed E-state index contributed by atoms with van der Waals surface area (Å²) in [5, 5.41) is 10.5. The zero-order chi connectivity index (χ0) is 16.3. The van der Waals surface area contributed by atoms with Crippen molar-refractivity contribution in [1.29, 1.82) is 0 Å². The molecule has 0 aromatic heterocycles. The predicted molar refractivity (Wildman–Crippen MR) is 66.8 cm³/mol. The molecule has 0 bridgehead atoms. The molecule has 0 aliphatic carbocycles. The van der Waals surface area contributed by atoms with Crippen molar-refractivity contribution in [2.75, 3.05) is 11.9 Å². The van der Waals surface area contributed by atoms with E-state index in [0.717, 1.165) is 0 Å². The number of carboxylic acids is 1. The van der Waals surface area contributed by atoms with Crippen LogP contribution in [-0.4, -0.2) is 35.3 Å². The number of carbonyl (C=O) groups excluding carboxylic acids is 1. The number of hydrogen-bond acceptors (Lipinski definition) is 4. The van der Waals surface area contributed by atoms with E-state index in [-0.39, 0.29) is 11.4 Å². The molecule has 0 saturated carbocycles. The molecule has 9 heteroatoms. The van der Waals surface area contributed by atoms with Crippen molar-refractivity contribution >= 4 is 17.6 Å². The van der Waals surface area contributed by atoms with Gasteiger partial charge in [-0.3, -0.25) is 4.79 Å². The lowest BCUT2D eigenvalue weighted by Crippen LogP contribution is -2.59. The highest BCUT2D eigenvalue weighted by molar-refractivity contribution is 5.99. The number of halogens is 3. The fourth-order valence-corrected chi connectivity index (χ4v) is 1.22. The van der Waals surface area contributed by atoms with Crippen LogP contribution in [0.4, 0.5) is 18.9 Å². The number of rotatable bonds is 5. The second-order valence-corrected chi connectivity index (χ2v) is 4.33. The van der Waals surface area contributed by atoms with E-state index in [1.54, 1.807) is 0 Å². The van der Waals surface area contributed by atoms with Gasteiger partial charge in [0.25, 0.3) is 5.91 Å². The number of amides is 1. The third-order valence-electron chi connectivity index (χ3n) is 2.55. The van der Waals surface area contributed by atoms with Crippen LogP contribution < -0.4 is 15.8 Å². The molecule has 4 N–H and O–H groups in total. The minimum Gasteiger partial charge on any atom is -0.480 e. The molecule has 0 spiro atoms. The van der Waals surface area contributed by atoms with E-state index in [2.05, 4.69) is 0 Å². The van der Waals surface area contributed by atoms with Crippen LogP contribution in [0.1, 0.15) is 6.92 Å². The molecule has 0 heterocycles. The van der Waals surface area contributed by atoms with Crippen LogP contribution in [-0.2, 0) is 9.59 Å². The summed E-state index contributed by atoms with van der Waals surface area (Å²) in [6.07, 6.45) is -4.94. The number of anilines is 1. The van der Waals surface area contributed by atoms with E-state index in [0.29, 0.717) is 6.92 Å². The van der Waals surface area contributed by atoms with Crippen molar-refractivity contribution in [3.63, 3.8) is 0 Å². The SMILES string of the molecule is CC(N)(C(=O)Nc1ccccc1OCC(=O)O)C(F)(F)F. The van der Waals surface area contributed by atoms with Crippen molar-refractivity contribution in [3.05, 3.63) is 24.3 Å². The highest BCUT2D eigenvalue weighted by atomic mass is 19.4. The molecule has 0 fully saturated rings. The minimum atomic E-state index is -4.94. The van der Waals surface area contributed by atoms with Crippen molar-refractivity contribution in [2.45, 2.75) is 18.6 Å². The number of carboxylic acid groups (broad SMARTS) is 1. The molecule has 1 aromatic rings. The first-order valence-corrected chi connectivity index (χ1v) is 5.66. The molecule has 1 amide bonds. The number of alkyl halides is 3. The van der Waals surface area contributed by atoms with Crippen molar-refractivity contribution < 1.29 is 32.6 Å². The van der Waals surface area contributed by atoms with E-state index in [1.165, 1.54) is 24.3 Å². The van der Waals surface area contributed by atoms with Crippen molar-refractivity contribution in [1.82, 2.24) is 0 Å². The van der Waals surface area contributed by atoms with Gasteiger partial charge >= 0.3 is 12.1 Å². The first-order chi connectivity index (χ1) is 9.55. The molecule has 6 nitrogen and oxygen atoms in total. The third kappa shape index (κ3) is 4.09. The quantitative estimate of drug-likeness (QED) is 0.762. The summed E-state index contributed by atoms with van der Waals surface area (Å²) < 4.78 is 42.8. The normalized spacial score (nSPS) is 14.1. The maximum Gasteiger partial charge on any atom is 0.415 e. The van der Waals surface area contributed by atoms with E-state index >= 15 is 0 Å². The maximum absolute atomic E-state index is 12.6. The molecule has 21 heavy (non-hydrogen) atoms. The average Bonchev–Trinajstić information content (AvgIpc) is 2.36. The zero-order valence-electron chi connectivity index (χ0n) is 10.9. The van der Waals surface area contributed by atoms with E-state index in [9.17, 15) is 22.8 Å². The third-order valence-corrected chi connectivity index (χ3v) is 2.55. The van der Waals surface area contributed by atoms with Crippen molar-refractivity contribution in [3.8, 4) is 5.75 Å². The Labute approximate surface area is 117 Å². The highest BCUT2D eigenvalue weighted by Crippen LogP contribution is 2.31. The summed E-state index contributed by atoms with van der Waals surface area (Å²) in [6, 6.07) is 5.48. The van der Waals surface area contributed by atoms with E-state index in [4.69, 9.17) is 15.6 Å². The monoisotopic (exact) mass is 306 g/mol. The summed E-state index contributed by atoms with van der Waals surface area (Å²) in [5.74, 6) is -2.83. The number of nitrogens with one attached hydrogen (secondary N) is 1. The Morgan fingerprint density at radius 1 is 1.33 bits per heavy atom. The standard InChI is InChI=1S/C12H13F3N2O4/c1-11(16,12(13,14)15)10(20)17-7-4-2-3-5-8(7)21-6-9(18)19/h2-5H,6,16H2,1H3,(H,17,20)(H,18,19). The highest BCUT2D eigenvalue weighted by Gasteiger charge is 2.54. The van der Waals surface area contributed by atoms with E-state index in [1.807, 2.05) is 5.32 Å². The molecule has 1 rings (SSSR count). The first kappa shape index (κ1) is 16.8. The van der Waals surface area contributed by atoms with Gasteiger partial charge in [0.1, 0.15) is 5.75 Å². The Balaban J connectivity index is 2.93. The van der Waals surface area contributed by atoms with Gasteiger partial charge in [0.05, 0.1) is 5.69 Å². The van der Waals surface area contributed by atoms with Gasteiger partial charge in [-0.2, -0.15) is 13.2 Å². The molecule has 0 aliphatic rings. The Bertz CT molecular complexity index is 544. The molecule has 1 aromatic carbocycles. The number of hydrogen-bond donors (Lipinski definition) is 3. The Hall–Kier alpha value is -2.29. The second kappa shape index (κ2) is 6.00. The van der Waals surface area contributed by atoms with Gasteiger partial charge in [0.2, 0.25) is 0 Å². The van der Waals surface area contributed by atoms with Gasteiger partial charge < -0.3 is 20.9 Å². The van der Waals surface area contributed by atoms with Crippen LogP contribution in [0.25, 0.3) is 0 Å². The molecule has 0 aliphatic heterocycles. The van der Waals surface area contributed by atoms with Crippen LogP contribution in [0.15, 0.2) is 24.3 Å². The average molecular weight is 306 g/mol. The van der Waals surface area contributed by atoms with Crippen LogP contribution in [0.2, 0.25) is 0 Å². The summed E-state index contributed by atoms with van der Waals surface area (Å²) in [4.78, 5) is 22.1. The van der Waals surface area contributed by atoms with Gasteiger partial charge in [-0.05, 0) is 19.1 Å². The number of aliphatic carboxylic acids is 1. The molecule has 0 saturated heterocycles. The van der Waals surface area contributed by atoms with E-state index < -0.39 is 30.2 Å². The summed E-state index contributed by atoms with van der Waals surface area (Å²) >= 11 is 0. The zero-order valence-corrected chi connectivity index (χ0v) is 10.9. The predicted octanol–water partition coefficient (Wildman–Crippen LogP) is 1.37. The molecular formula is C12H13F3N2O4. The summed E-state index contributed by atoms with van der Waals surface area (Å²) in [5.41, 5.74) is 1.79. The molecular weight excluding hydrogens is 293 g/mol. The lowest BCUT2D eigenvalue weighted by atomic mass is 10.0. The fourth-order valence-electron chi connectivity index (χ4n) is 1.22. The van der Waals surface area contributed by atoms with Crippen LogP contribution in [0.5, 0.6) is 5.75 Å². The number of ether oxygens (including phenoxy) is 1. The Morgan fingerprint density at radius 3 is 2.43 bits per heavy atom. The first-order valence-electron chi connectivity index (χ1n) is 5.66. The molecule has 116 valence electrons. The van der Waals surface area contributed by atoms with Crippen LogP contribution >= 0.6 is 0 Å². The maximum atomic E-state index is 12.6. The fraction of sp³-hybridized carbons (Fsp3) is 0.333. The van der Waals surface area contributed by atoms with Gasteiger partial charge in [-0.25, -0.2) is 4.79 Å². The van der Waals surface area contributed by atoms with Crippen molar-refractivity contribution in [2.24, 2.45) is 5.73 Å². The topological polar surface area (TPSA) is 102 Å². The smallest absolute Gasteiger partial charge is 0.415 e. The van der Waals surface area contributed by atoms with Gasteiger partial charge in [0.15, 0.2) is 12.1 Å². The van der Waals surface area contributed by atoms with Crippen LogP contribution in [0.3, 0.4) is 0 Å². The number of para-hydroxylation sites is 2. The Morgan fingerprint density at radius 2 is 1.90 bits per heavy atom. The number of nitrogens with two attached hydrogens (primary N) is 1. The largest absolute Gasteiger partial charge is 0.480 e. The van der Waals surface area contributed by atoms with Crippen LogP contribution in [0, 0.1) is 0 Å². The Kier molecular flexibility index (Phi) is 4.79. The van der Waals surface area contributed by atoms with Gasteiger partial charge in [-0.1, -0.05) is 12.1 Å². The second-order valence-electron chi connectivity index (χ2n) is 4.33. The molecule has 0 radical (unpaired) electrons. The number of benzene rings is 1. The lowest BCUT2D eigenvalue weighted by molar-refractivity contribution is -0.184. The lowest BCUT2D eigenvalue weighted by Gasteiger charge is -2.26. The number of carbonyl (C=O) groups is 2. The molecule has 1 unspecified atom stereocenters. The summed E-state index contributed by atoms with van der Waals surface area (Å²) in [6.45, 7) is -0.172. The van der Waals surface area contributed by atoms with Gasteiger partial charge in [-0.15, -0.1) is 0 Å².